The maximum Gasteiger partial charge on any atom is 0.322 e. The summed E-state index contributed by atoms with van der Waals surface area (Å²) in [6.45, 7) is 8.45. The van der Waals surface area contributed by atoms with Crippen LogP contribution in [0.1, 0.15) is 46.1 Å². The molecule has 0 spiro atoms. The molecular weight excluding hydrogens is 372 g/mol. The number of amides is 5. The third kappa shape index (κ3) is 4.26. The number of carbonyl (C=O) groups is 4. The minimum absolute atomic E-state index is 0.102. The van der Waals surface area contributed by atoms with E-state index < -0.39 is 22.9 Å². The highest BCUT2D eigenvalue weighted by Crippen LogP contribution is 2.28. The van der Waals surface area contributed by atoms with Crippen molar-refractivity contribution < 1.29 is 19.2 Å². The van der Waals surface area contributed by atoms with Crippen molar-refractivity contribution in [1.29, 1.82) is 0 Å². The number of piperidine rings is 1. The summed E-state index contributed by atoms with van der Waals surface area (Å²) in [5.74, 6) is -0.598. The van der Waals surface area contributed by atoms with Gasteiger partial charge < -0.3 is 15.5 Å². The van der Waals surface area contributed by atoms with E-state index in [1.807, 2.05) is 25.7 Å². The van der Waals surface area contributed by atoms with Crippen LogP contribution in [0.4, 0.5) is 10.5 Å². The summed E-state index contributed by atoms with van der Waals surface area (Å²) in [7, 11) is 0. The van der Waals surface area contributed by atoms with Crippen molar-refractivity contribution in [3.63, 3.8) is 0 Å². The van der Waals surface area contributed by atoms with Crippen molar-refractivity contribution in [2.75, 3.05) is 18.4 Å². The Labute approximate surface area is 170 Å². The first-order valence-corrected chi connectivity index (χ1v) is 9.85. The van der Waals surface area contributed by atoms with Gasteiger partial charge >= 0.3 is 6.03 Å². The zero-order chi connectivity index (χ0) is 21.4. The van der Waals surface area contributed by atoms with Gasteiger partial charge in [-0.3, -0.25) is 19.7 Å². The van der Waals surface area contributed by atoms with Crippen LogP contribution in [0.3, 0.4) is 0 Å². The molecule has 2 aliphatic heterocycles. The van der Waals surface area contributed by atoms with Crippen molar-refractivity contribution in [3.05, 3.63) is 29.8 Å². The lowest BCUT2D eigenvalue weighted by atomic mass is 9.90. The Balaban J connectivity index is 1.63. The summed E-state index contributed by atoms with van der Waals surface area (Å²) in [6, 6.07) is 6.37. The number of likely N-dealkylation sites (tertiary alicyclic amines) is 1. The standard InChI is InChI=1S/C21H28N4O4/c1-20(2,3)18(28)25-10-8-13(9-11-25)16(26)22-15-7-5-6-14(12-15)21(4)17(27)23-19(29)24-21/h5-7,12-13H,8-11H2,1-4H3,(H,22,26)(H2,23,24,27,29)/t21-/m1/s1. The molecule has 5 amide bonds. The van der Waals surface area contributed by atoms with E-state index in [2.05, 4.69) is 16.0 Å². The largest absolute Gasteiger partial charge is 0.342 e. The molecule has 0 saturated carbocycles. The molecule has 0 bridgehead atoms. The minimum atomic E-state index is -1.17. The van der Waals surface area contributed by atoms with Crippen molar-refractivity contribution in [2.24, 2.45) is 11.3 Å². The van der Waals surface area contributed by atoms with Crippen LogP contribution in [0.25, 0.3) is 0 Å². The van der Waals surface area contributed by atoms with E-state index >= 15 is 0 Å². The van der Waals surface area contributed by atoms with Gasteiger partial charge in [0.2, 0.25) is 11.8 Å². The summed E-state index contributed by atoms with van der Waals surface area (Å²) in [6.07, 6.45) is 1.23. The second-order valence-corrected chi connectivity index (χ2v) is 8.92. The Morgan fingerprint density at radius 2 is 1.83 bits per heavy atom. The molecule has 29 heavy (non-hydrogen) atoms. The first-order chi connectivity index (χ1) is 13.5. The molecule has 2 aliphatic rings. The number of nitrogens with one attached hydrogen (secondary N) is 3. The zero-order valence-electron chi connectivity index (χ0n) is 17.3. The molecule has 1 aromatic rings. The summed E-state index contributed by atoms with van der Waals surface area (Å²) < 4.78 is 0. The van der Waals surface area contributed by atoms with Gasteiger partial charge in [0, 0.05) is 30.1 Å². The number of urea groups is 1. The van der Waals surface area contributed by atoms with Gasteiger partial charge in [0.25, 0.3) is 5.91 Å². The number of anilines is 1. The number of hydrogen-bond donors (Lipinski definition) is 3. The lowest BCUT2D eigenvalue weighted by Gasteiger charge is -2.35. The third-order valence-electron chi connectivity index (χ3n) is 5.55. The Morgan fingerprint density at radius 1 is 1.17 bits per heavy atom. The van der Waals surface area contributed by atoms with Crippen LogP contribution >= 0.6 is 0 Å². The summed E-state index contributed by atoms with van der Waals surface area (Å²) in [5, 5.41) is 7.76. The predicted molar refractivity (Wildman–Crippen MR) is 108 cm³/mol. The van der Waals surface area contributed by atoms with Crippen molar-refractivity contribution >= 4 is 29.4 Å². The van der Waals surface area contributed by atoms with Crippen LogP contribution in [0.15, 0.2) is 24.3 Å². The Bertz CT molecular complexity index is 852. The quantitative estimate of drug-likeness (QED) is 0.674. The second kappa shape index (κ2) is 7.50. The Hall–Kier alpha value is -2.90. The van der Waals surface area contributed by atoms with Crippen molar-refractivity contribution in [3.8, 4) is 0 Å². The number of benzene rings is 1. The lowest BCUT2D eigenvalue weighted by molar-refractivity contribution is -0.142. The van der Waals surface area contributed by atoms with Crippen LogP contribution in [-0.4, -0.2) is 41.7 Å². The van der Waals surface area contributed by atoms with Gasteiger partial charge in [0.05, 0.1) is 0 Å². The molecule has 1 atom stereocenters. The molecule has 2 saturated heterocycles. The molecule has 1 aromatic carbocycles. The summed E-state index contributed by atoms with van der Waals surface area (Å²) in [5.41, 5.74) is -0.440. The van der Waals surface area contributed by atoms with Gasteiger partial charge in [0.15, 0.2) is 0 Å². The molecule has 0 radical (unpaired) electrons. The Kier molecular flexibility index (Phi) is 5.38. The fourth-order valence-corrected chi connectivity index (χ4v) is 3.72. The second-order valence-electron chi connectivity index (χ2n) is 8.92. The highest BCUT2D eigenvalue weighted by atomic mass is 16.2. The molecule has 0 aliphatic carbocycles. The van der Waals surface area contributed by atoms with E-state index in [0.29, 0.717) is 37.2 Å². The van der Waals surface area contributed by atoms with Crippen LogP contribution < -0.4 is 16.0 Å². The van der Waals surface area contributed by atoms with Gasteiger partial charge in [-0.1, -0.05) is 32.9 Å². The normalized spacial score (nSPS) is 22.8. The van der Waals surface area contributed by atoms with Gasteiger partial charge in [-0.2, -0.15) is 0 Å². The number of imide groups is 1. The third-order valence-corrected chi connectivity index (χ3v) is 5.55. The minimum Gasteiger partial charge on any atom is -0.342 e. The molecule has 0 unspecified atom stereocenters. The van der Waals surface area contributed by atoms with Gasteiger partial charge in [0.1, 0.15) is 5.54 Å². The van der Waals surface area contributed by atoms with Gasteiger partial charge in [-0.25, -0.2) is 4.79 Å². The molecule has 2 heterocycles. The molecular formula is C21H28N4O4. The molecule has 156 valence electrons. The molecule has 2 fully saturated rings. The maximum absolute atomic E-state index is 12.7. The summed E-state index contributed by atoms with van der Waals surface area (Å²) in [4.78, 5) is 50.6. The number of carbonyl (C=O) groups excluding carboxylic acids is 4. The van der Waals surface area contributed by atoms with Crippen LogP contribution in [0.5, 0.6) is 0 Å². The first-order valence-electron chi connectivity index (χ1n) is 9.85. The number of nitrogens with zero attached hydrogens (tertiary/aromatic N) is 1. The Morgan fingerprint density at radius 3 is 2.38 bits per heavy atom. The number of rotatable bonds is 3. The fraction of sp³-hybridized carbons (Fsp3) is 0.524. The summed E-state index contributed by atoms with van der Waals surface area (Å²) >= 11 is 0. The molecule has 3 rings (SSSR count). The highest BCUT2D eigenvalue weighted by molar-refractivity contribution is 6.07. The topological polar surface area (TPSA) is 108 Å². The zero-order valence-corrected chi connectivity index (χ0v) is 17.3. The van der Waals surface area contributed by atoms with Crippen LogP contribution in [-0.2, 0) is 19.9 Å². The molecule has 3 N–H and O–H groups in total. The molecule has 8 heteroatoms. The smallest absolute Gasteiger partial charge is 0.322 e. The monoisotopic (exact) mass is 400 g/mol. The average molecular weight is 400 g/mol. The van der Waals surface area contributed by atoms with Crippen molar-refractivity contribution in [1.82, 2.24) is 15.5 Å². The van der Waals surface area contributed by atoms with Gasteiger partial charge in [-0.05, 0) is 37.5 Å². The lowest BCUT2D eigenvalue weighted by Crippen LogP contribution is -2.45. The van der Waals surface area contributed by atoms with E-state index in [0.717, 1.165) is 0 Å². The SMILES string of the molecule is CC(C)(C)C(=O)N1CCC(C(=O)Nc2cccc([C@@]3(C)NC(=O)NC3=O)c2)CC1. The molecule has 8 nitrogen and oxygen atoms in total. The van der Waals surface area contributed by atoms with E-state index in [-0.39, 0.29) is 17.7 Å². The molecule has 0 aromatic heterocycles. The van der Waals surface area contributed by atoms with E-state index in [1.165, 1.54) is 0 Å². The average Bonchev–Trinajstić information content (AvgIpc) is 2.93. The van der Waals surface area contributed by atoms with E-state index in [4.69, 9.17) is 0 Å². The van der Waals surface area contributed by atoms with Crippen LogP contribution in [0.2, 0.25) is 0 Å². The van der Waals surface area contributed by atoms with E-state index in [1.54, 1.807) is 31.2 Å². The van der Waals surface area contributed by atoms with Crippen LogP contribution in [0, 0.1) is 11.3 Å². The van der Waals surface area contributed by atoms with Gasteiger partial charge in [-0.15, -0.1) is 0 Å². The highest BCUT2D eigenvalue weighted by Gasteiger charge is 2.43. The maximum atomic E-state index is 12.7. The van der Waals surface area contributed by atoms with E-state index in [9.17, 15) is 19.2 Å². The first kappa shape index (κ1) is 20.8. The fourth-order valence-electron chi connectivity index (χ4n) is 3.72. The predicted octanol–water partition coefficient (Wildman–Crippen LogP) is 1.96. The van der Waals surface area contributed by atoms with Crippen molar-refractivity contribution in [2.45, 2.75) is 46.1 Å². The number of hydrogen-bond acceptors (Lipinski definition) is 4.